The van der Waals surface area contributed by atoms with Crippen LogP contribution in [0.2, 0.25) is 0 Å². The lowest BCUT2D eigenvalue weighted by atomic mass is 10.1. The molecular formula is C15H30IN5O2. The molecular weight excluding hydrogens is 409 g/mol. The van der Waals surface area contributed by atoms with Gasteiger partial charge in [-0.3, -0.25) is 4.99 Å². The Balaban J connectivity index is 0.00000264. The number of nitrogens with one attached hydrogen (secondary N) is 1. The molecule has 0 aromatic rings. The molecule has 134 valence electrons. The molecule has 7 nitrogen and oxygen atoms in total. The van der Waals surface area contributed by atoms with Gasteiger partial charge in [0.2, 0.25) is 0 Å². The lowest BCUT2D eigenvalue weighted by molar-refractivity contribution is 0.0963. The number of ether oxygens (including phenoxy) is 1. The van der Waals surface area contributed by atoms with Crippen LogP contribution < -0.4 is 11.1 Å². The molecule has 23 heavy (non-hydrogen) atoms. The van der Waals surface area contributed by atoms with E-state index in [1.54, 1.807) is 4.90 Å². The molecule has 1 atom stereocenters. The third-order valence-electron chi connectivity index (χ3n) is 4.52. The van der Waals surface area contributed by atoms with Gasteiger partial charge in [-0.15, -0.1) is 24.0 Å². The Bertz CT molecular complexity index is 399. The molecule has 2 heterocycles. The van der Waals surface area contributed by atoms with Gasteiger partial charge < -0.3 is 25.6 Å². The van der Waals surface area contributed by atoms with Gasteiger partial charge in [-0.1, -0.05) is 0 Å². The molecule has 1 unspecified atom stereocenters. The van der Waals surface area contributed by atoms with E-state index < -0.39 is 0 Å². The number of guanidine groups is 1. The van der Waals surface area contributed by atoms with Crippen LogP contribution in [-0.2, 0) is 4.74 Å². The van der Waals surface area contributed by atoms with Crippen molar-refractivity contribution in [3.05, 3.63) is 0 Å². The number of nitrogens with two attached hydrogens (primary N) is 1. The second-order valence-electron chi connectivity index (χ2n) is 6.11. The van der Waals surface area contributed by atoms with E-state index in [0.29, 0.717) is 31.7 Å². The highest BCUT2D eigenvalue weighted by Crippen LogP contribution is 2.15. The topological polar surface area (TPSA) is 83.2 Å². The highest BCUT2D eigenvalue weighted by atomic mass is 127. The van der Waals surface area contributed by atoms with Crippen LogP contribution >= 0.6 is 24.0 Å². The summed E-state index contributed by atoms with van der Waals surface area (Å²) in [7, 11) is 2.14. The van der Waals surface area contributed by atoms with E-state index >= 15 is 0 Å². The number of carbonyl (C=O) groups is 1. The first-order valence-electron chi connectivity index (χ1n) is 8.28. The first-order valence-corrected chi connectivity index (χ1v) is 8.28. The Morgan fingerprint density at radius 2 is 2.00 bits per heavy atom. The van der Waals surface area contributed by atoms with E-state index in [1.165, 1.54) is 12.8 Å². The minimum absolute atomic E-state index is 0. The highest BCUT2D eigenvalue weighted by Gasteiger charge is 2.24. The van der Waals surface area contributed by atoms with Gasteiger partial charge in [0, 0.05) is 25.2 Å². The summed E-state index contributed by atoms with van der Waals surface area (Å²) < 4.78 is 5.02. The number of rotatable bonds is 4. The number of hydrogen-bond donors (Lipinski definition) is 2. The SMILES string of the molecule is CCOC(=O)N1CCC(NC(N)=NCC2CCCN2C)CC1.I. The molecule has 0 aliphatic carbocycles. The van der Waals surface area contributed by atoms with Crippen LogP contribution in [0.15, 0.2) is 4.99 Å². The fraction of sp³-hybridized carbons (Fsp3) is 0.867. The zero-order chi connectivity index (χ0) is 15.9. The summed E-state index contributed by atoms with van der Waals surface area (Å²) in [6.45, 7) is 5.57. The van der Waals surface area contributed by atoms with Crippen molar-refractivity contribution in [1.82, 2.24) is 15.1 Å². The Hall–Kier alpha value is -0.770. The average molecular weight is 439 g/mol. The first kappa shape index (κ1) is 20.3. The molecule has 0 aromatic heterocycles. The van der Waals surface area contributed by atoms with E-state index in [0.717, 1.165) is 25.9 Å². The van der Waals surface area contributed by atoms with E-state index in [-0.39, 0.29) is 36.1 Å². The molecule has 2 fully saturated rings. The molecule has 0 aromatic carbocycles. The molecule has 2 saturated heterocycles. The molecule has 1 amide bonds. The number of likely N-dealkylation sites (tertiary alicyclic amines) is 2. The summed E-state index contributed by atoms with van der Waals surface area (Å²) in [6.07, 6.45) is 3.98. The van der Waals surface area contributed by atoms with Crippen LogP contribution in [0.5, 0.6) is 0 Å². The van der Waals surface area contributed by atoms with Crippen LogP contribution in [0.4, 0.5) is 4.79 Å². The third kappa shape index (κ3) is 6.33. The van der Waals surface area contributed by atoms with Crippen LogP contribution in [0, 0.1) is 0 Å². The fourth-order valence-electron chi connectivity index (χ4n) is 3.09. The van der Waals surface area contributed by atoms with Crippen LogP contribution in [0.25, 0.3) is 0 Å². The molecule has 2 aliphatic heterocycles. The minimum Gasteiger partial charge on any atom is -0.450 e. The Morgan fingerprint density at radius 1 is 1.30 bits per heavy atom. The Kier molecular flexibility index (Phi) is 8.96. The molecule has 0 radical (unpaired) electrons. The quantitative estimate of drug-likeness (QED) is 0.391. The standard InChI is InChI=1S/C15H29N5O2.HI/c1-3-22-15(21)20-9-6-12(7-10-20)18-14(16)17-11-13-5-4-8-19(13)2;/h12-13H,3-11H2,1-2H3,(H3,16,17,18);1H. The molecule has 0 bridgehead atoms. The number of nitrogens with zero attached hydrogens (tertiary/aromatic N) is 3. The molecule has 8 heteroatoms. The smallest absolute Gasteiger partial charge is 0.409 e. The molecule has 2 aliphatic rings. The van der Waals surface area contributed by atoms with Crippen molar-refractivity contribution < 1.29 is 9.53 Å². The number of carbonyl (C=O) groups excluding carboxylic acids is 1. The van der Waals surface area contributed by atoms with Gasteiger partial charge in [-0.2, -0.15) is 0 Å². The molecule has 2 rings (SSSR count). The van der Waals surface area contributed by atoms with Crippen molar-refractivity contribution in [1.29, 1.82) is 0 Å². The van der Waals surface area contributed by atoms with Crippen LogP contribution in [-0.4, -0.2) is 73.8 Å². The van der Waals surface area contributed by atoms with E-state index in [1.807, 2.05) is 6.92 Å². The predicted molar refractivity (Wildman–Crippen MR) is 102 cm³/mol. The number of hydrogen-bond acceptors (Lipinski definition) is 4. The molecule has 0 saturated carbocycles. The number of amides is 1. The maximum absolute atomic E-state index is 11.6. The predicted octanol–water partition coefficient (Wildman–Crippen LogP) is 1.22. The number of aliphatic imine (C=N–C) groups is 1. The van der Waals surface area contributed by atoms with Gasteiger partial charge >= 0.3 is 6.09 Å². The second-order valence-corrected chi connectivity index (χ2v) is 6.11. The van der Waals surface area contributed by atoms with Crippen molar-refractivity contribution in [2.24, 2.45) is 10.7 Å². The highest BCUT2D eigenvalue weighted by molar-refractivity contribution is 14.0. The summed E-state index contributed by atoms with van der Waals surface area (Å²) in [6, 6.07) is 0.807. The average Bonchev–Trinajstić information content (AvgIpc) is 2.91. The van der Waals surface area contributed by atoms with Gasteiger partial charge in [-0.25, -0.2) is 4.79 Å². The normalized spacial score (nSPS) is 23.5. The van der Waals surface area contributed by atoms with Gasteiger partial charge in [0.15, 0.2) is 5.96 Å². The zero-order valence-corrected chi connectivity index (χ0v) is 16.5. The van der Waals surface area contributed by atoms with Crippen molar-refractivity contribution in [3.63, 3.8) is 0 Å². The maximum atomic E-state index is 11.6. The van der Waals surface area contributed by atoms with Gasteiger partial charge in [0.25, 0.3) is 0 Å². The summed E-state index contributed by atoms with van der Waals surface area (Å²) >= 11 is 0. The summed E-state index contributed by atoms with van der Waals surface area (Å²) in [5, 5.41) is 3.28. The van der Waals surface area contributed by atoms with Crippen LogP contribution in [0.1, 0.15) is 32.6 Å². The van der Waals surface area contributed by atoms with Crippen molar-refractivity contribution in [3.8, 4) is 0 Å². The summed E-state index contributed by atoms with van der Waals surface area (Å²) in [5.74, 6) is 0.523. The number of halogens is 1. The second kappa shape index (κ2) is 10.2. The van der Waals surface area contributed by atoms with Crippen molar-refractivity contribution in [2.75, 3.05) is 39.8 Å². The Labute approximate surface area is 156 Å². The van der Waals surface area contributed by atoms with Gasteiger partial charge in [0.05, 0.1) is 13.2 Å². The lowest BCUT2D eigenvalue weighted by Gasteiger charge is -2.31. The fourth-order valence-corrected chi connectivity index (χ4v) is 3.09. The van der Waals surface area contributed by atoms with Gasteiger partial charge in [-0.05, 0) is 46.2 Å². The summed E-state index contributed by atoms with van der Waals surface area (Å²) in [5.41, 5.74) is 5.99. The third-order valence-corrected chi connectivity index (χ3v) is 4.52. The Morgan fingerprint density at radius 3 is 2.57 bits per heavy atom. The van der Waals surface area contributed by atoms with Gasteiger partial charge in [0.1, 0.15) is 0 Å². The first-order chi connectivity index (χ1) is 10.6. The monoisotopic (exact) mass is 439 g/mol. The molecule has 0 spiro atoms. The maximum Gasteiger partial charge on any atom is 0.409 e. The number of piperidine rings is 1. The number of likely N-dealkylation sites (N-methyl/N-ethyl adjacent to an activating group) is 1. The van der Waals surface area contributed by atoms with Crippen molar-refractivity contribution >= 4 is 36.0 Å². The van der Waals surface area contributed by atoms with Crippen LogP contribution in [0.3, 0.4) is 0 Å². The molecule has 3 N–H and O–H groups in total. The zero-order valence-electron chi connectivity index (χ0n) is 14.2. The van der Waals surface area contributed by atoms with E-state index in [9.17, 15) is 4.79 Å². The summed E-state index contributed by atoms with van der Waals surface area (Å²) in [4.78, 5) is 20.2. The largest absolute Gasteiger partial charge is 0.450 e. The van der Waals surface area contributed by atoms with E-state index in [2.05, 4.69) is 22.3 Å². The van der Waals surface area contributed by atoms with E-state index in [4.69, 9.17) is 10.5 Å². The van der Waals surface area contributed by atoms with Crippen molar-refractivity contribution in [2.45, 2.75) is 44.7 Å². The lowest BCUT2D eigenvalue weighted by Crippen LogP contribution is -2.48. The minimum atomic E-state index is -0.216.